The Labute approximate surface area is 111 Å². The molecule has 1 aromatic heterocycles. The lowest BCUT2D eigenvalue weighted by Crippen LogP contribution is -2.23. The van der Waals surface area contributed by atoms with E-state index in [1.807, 2.05) is 24.3 Å². The van der Waals surface area contributed by atoms with Crippen molar-refractivity contribution < 1.29 is 10.2 Å². The Bertz CT molecular complexity index is 649. The zero-order valence-corrected chi connectivity index (χ0v) is 11.1. The molecule has 0 aliphatic carbocycles. The van der Waals surface area contributed by atoms with E-state index in [9.17, 15) is 9.90 Å². The van der Waals surface area contributed by atoms with E-state index >= 15 is 0 Å². The van der Waals surface area contributed by atoms with Gasteiger partial charge in [-0.15, -0.1) is 0 Å². The molecule has 5 heteroatoms. The number of hydrogen-bond donors (Lipinski definition) is 3. The number of anilines is 1. The number of aryl methyl sites for hydroxylation is 2. The van der Waals surface area contributed by atoms with Crippen LogP contribution < -0.4 is 10.9 Å². The highest BCUT2D eigenvalue weighted by molar-refractivity contribution is 5.83. The Morgan fingerprint density at radius 1 is 1.37 bits per heavy atom. The Kier molecular flexibility index (Phi) is 3.87. The predicted octanol–water partition coefficient (Wildman–Crippen LogP) is 0.612. The Morgan fingerprint density at radius 2 is 2.11 bits per heavy atom. The van der Waals surface area contributed by atoms with Gasteiger partial charge in [-0.1, -0.05) is 0 Å². The molecule has 2 rings (SSSR count). The van der Waals surface area contributed by atoms with E-state index in [0.29, 0.717) is 5.56 Å². The van der Waals surface area contributed by atoms with Gasteiger partial charge in [0.1, 0.15) is 0 Å². The molecule has 0 saturated heterocycles. The highest BCUT2D eigenvalue weighted by Crippen LogP contribution is 2.18. The first-order valence-electron chi connectivity index (χ1n) is 6.16. The van der Waals surface area contributed by atoms with E-state index in [0.717, 1.165) is 16.6 Å². The number of aliphatic hydroxyl groups excluding tert-OH is 2. The smallest absolute Gasteiger partial charge is 0.253 e. The van der Waals surface area contributed by atoms with E-state index in [4.69, 9.17) is 5.11 Å². The van der Waals surface area contributed by atoms with Crippen LogP contribution in [0.15, 0.2) is 29.1 Å². The van der Waals surface area contributed by atoms with Crippen LogP contribution >= 0.6 is 0 Å². The molecule has 3 N–H and O–H groups in total. The Hall–Kier alpha value is -1.85. The molecule has 1 aromatic carbocycles. The van der Waals surface area contributed by atoms with Crippen molar-refractivity contribution in [2.24, 2.45) is 7.05 Å². The fourth-order valence-corrected chi connectivity index (χ4v) is 2.05. The lowest BCUT2D eigenvalue weighted by atomic mass is 10.1. The highest BCUT2D eigenvalue weighted by Gasteiger charge is 2.05. The monoisotopic (exact) mass is 262 g/mol. The second-order valence-corrected chi connectivity index (χ2v) is 4.68. The summed E-state index contributed by atoms with van der Waals surface area (Å²) < 4.78 is 1.62. The molecule has 0 fully saturated rings. The largest absolute Gasteiger partial charge is 0.394 e. The van der Waals surface area contributed by atoms with Gasteiger partial charge in [-0.2, -0.15) is 0 Å². The maximum absolute atomic E-state index is 11.8. The van der Waals surface area contributed by atoms with Crippen LogP contribution in [0.25, 0.3) is 10.9 Å². The summed E-state index contributed by atoms with van der Waals surface area (Å²) in [5.41, 5.74) is 2.41. The molecule has 0 spiro atoms. The lowest BCUT2D eigenvalue weighted by Gasteiger charge is -2.12. The van der Waals surface area contributed by atoms with Gasteiger partial charge < -0.3 is 20.1 Å². The summed E-state index contributed by atoms with van der Waals surface area (Å²) in [5.74, 6) is 0. The second kappa shape index (κ2) is 5.42. The van der Waals surface area contributed by atoms with Crippen molar-refractivity contribution in [3.63, 3.8) is 0 Å². The summed E-state index contributed by atoms with van der Waals surface area (Å²) >= 11 is 0. The molecule has 102 valence electrons. The van der Waals surface area contributed by atoms with Crippen molar-refractivity contribution in [2.45, 2.75) is 13.0 Å². The zero-order chi connectivity index (χ0) is 14.0. The third-order valence-electron chi connectivity index (χ3n) is 3.16. The second-order valence-electron chi connectivity index (χ2n) is 4.68. The maximum Gasteiger partial charge on any atom is 0.253 e. The van der Waals surface area contributed by atoms with Gasteiger partial charge in [0.2, 0.25) is 0 Å². The summed E-state index contributed by atoms with van der Waals surface area (Å²) in [6, 6.07) is 7.49. The number of aliphatic hydroxyl groups is 2. The number of fused-ring (bicyclic) bond motifs is 1. The van der Waals surface area contributed by atoms with Crippen molar-refractivity contribution >= 4 is 16.6 Å². The van der Waals surface area contributed by atoms with Crippen LogP contribution in [0.3, 0.4) is 0 Å². The maximum atomic E-state index is 11.8. The topological polar surface area (TPSA) is 74.5 Å². The van der Waals surface area contributed by atoms with Gasteiger partial charge in [0.25, 0.3) is 5.56 Å². The van der Waals surface area contributed by atoms with Crippen LogP contribution in [0.2, 0.25) is 0 Å². The number of nitrogens with one attached hydrogen (secondary N) is 1. The standard InChI is InChI=1S/C14H18N2O3/c1-9-5-10-6-11(15-7-12(18)8-17)3-4-13(10)16(2)14(9)19/h3-6,12,15,17-18H,7-8H2,1-2H3. The average molecular weight is 262 g/mol. The summed E-state index contributed by atoms with van der Waals surface area (Å²) in [6.07, 6.45) is -0.780. The van der Waals surface area contributed by atoms with Gasteiger partial charge in [-0.25, -0.2) is 0 Å². The van der Waals surface area contributed by atoms with Gasteiger partial charge >= 0.3 is 0 Å². The summed E-state index contributed by atoms with van der Waals surface area (Å²) in [5, 5.41) is 22.1. The molecule has 0 aliphatic rings. The summed E-state index contributed by atoms with van der Waals surface area (Å²) in [4.78, 5) is 11.8. The van der Waals surface area contributed by atoms with Crippen molar-refractivity contribution in [3.8, 4) is 0 Å². The quantitative estimate of drug-likeness (QED) is 0.755. The molecule has 5 nitrogen and oxygen atoms in total. The normalized spacial score (nSPS) is 12.6. The molecule has 1 heterocycles. The first-order chi connectivity index (χ1) is 9.02. The zero-order valence-electron chi connectivity index (χ0n) is 11.1. The molecule has 19 heavy (non-hydrogen) atoms. The van der Waals surface area contributed by atoms with Gasteiger partial charge in [-0.3, -0.25) is 4.79 Å². The first kappa shape index (κ1) is 13.6. The van der Waals surface area contributed by atoms with Crippen LogP contribution in [-0.4, -0.2) is 34.0 Å². The Morgan fingerprint density at radius 3 is 2.79 bits per heavy atom. The van der Waals surface area contributed by atoms with Crippen molar-refractivity contribution in [1.82, 2.24) is 4.57 Å². The van der Waals surface area contributed by atoms with Crippen LogP contribution in [0.1, 0.15) is 5.56 Å². The van der Waals surface area contributed by atoms with Gasteiger partial charge in [0.05, 0.1) is 18.2 Å². The number of pyridine rings is 1. The number of nitrogens with zero attached hydrogens (tertiary/aromatic N) is 1. The summed E-state index contributed by atoms with van der Waals surface area (Å²) in [7, 11) is 1.75. The summed E-state index contributed by atoms with van der Waals surface area (Å²) in [6.45, 7) is 1.80. The highest BCUT2D eigenvalue weighted by atomic mass is 16.3. The fourth-order valence-electron chi connectivity index (χ4n) is 2.05. The van der Waals surface area contributed by atoms with E-state index in [1.54, 1.807) is 18.5 Å². The molecule has 0 aliphatic heterocycles. The number of rotatable bonds is 4. The number of benzene rings is 1. The van der Waals surface area contributed by atoms with E-state index in [1.165, 1.54) is 0 Å². The van der Waals surface area contributed by atoms with E-state index in [-0.39, 0.29) is 18.7 Å². The van der Waals surface area contributed by atoms with Crippen LogP contribution in [0.5, 0.6) is 0 Å². The molecule has 2 aromatic rings. The van der Waals surface area contributed by atoms with E-state index in [2.05, 4.69) is 5.32 Å². The first-order valence-corrected chi connectivity index (χ1v) is 6.16. The van der Waals surface area contributed by atoms with Crippen LogP contribution in [0, 0.1) is 6.92 Å². The SMILES string of the molecule is Cc1cc2cc(NCC(O)CO)ccc2n(C)c1=O. The van der Waals surface area contributed by atoms with E-state index < -0.39 is 6.10 Å². The van der Waals surface area contributed by atoms with Crippen molar-refractivity contribution in [2.75, 3.05) is 18.5 Å². The molecule has 0 radical (unpaired) electrons. The third-order valence-corrected chi connectivity index (χ3v) is 3.16. The average Bonchev–Trinajstić information content (AvgIpc) is 2.42. The molecule has 0 saturated carbocycles. The number of hydrogen-bond acceptors (Lipinski definition) is 4. The van der Waals surface area contributed by atoms with Gasteiger partial charge in [0, 0.05) is 30.2 Å². The fraction of sp³-hybridized carbons (Fsp3) is 0.357. The van der Waals surface area contributed by atoms with Crippen molar-refractivity contribution in [3.05, 3.63) is 40.2 Å². The van der Waals surface area contributed by atoms with Crippen LogP contribution in [-0.2, 0) is 7.05 Å². The van der Waals surface area contributed by atoms with Gasteiger partial charge in [0.15, 0.2) is 0 Å². The number of aromatic nitrogens is 1. The lowest BCUT2D eigenvalue weighted by molar-refractivity contribution is 0.105. The molecule has 1 unspecified atom stereocenters. The molecule has 0 bridgehead atoms. The third kappa shape index (κ3) is 2.77. The molecule has 0 amide bonds. The van der Waals surface area contributed by atoms with Gasteiger partial charge in [-0.05, 0) is 31.2 Å². The predicted molar refractivity (Wildman–Crippen MR) is 75.5 cm³/mol. The minimum absolute atomic E-state index is 0.00362. The van der Waals surface area contributed by atoms with Crippen LogP contribution in [0.4, 0.5) is 5.69 Å². The molecular weight excluding hydrogens is 244 g/mol. The molecular formula is C14H18N2O3. The molecule has 1 atom stereocenters. The minimum atomic E-state index is -0.780. The van der Waals surface area contributed by atoms with Crippen molar-refractivity contribution in [1.29, 1.82) is 0 Å². The Balaban J connectivity index is 2.36. The minimum Gasteiger partial charge on any atom is -0.394 e.